The number of thioether (sulfide) groups is 1. The van der Waals surface area contributed by atoms with E-state index in [9.17, 15) is 13.2 Å². The average Bonchev–Trinajstić information content (AvgIpc) is 3.28. The molecular formula is C23H28N4O5S2. The van der Waals surface area contributed by atoms with Crippen LogP contribution in [0, 0.1) is 5.92 Å². The Balaban J connectivity index is 1.78. The summed E-state index contributed by atoms with van der Waals surface area (Å²) in [5.74, 6) is 0.818. The summed E-state index contributed by atoms with van der Waals surface area (Å²) >= 11 is 1.42. The van der Waals surface area contributed by atoms with E-state index in [4.69, 9.17) is 9.26 Å². The Bertz CT molecular complexity index is 1240. The van der Waals surface area contributed by atoms with E-state index in [1.807, 2.05) is 13.2 Å². The lowest BCUT2D eigenvalue weighted by Crippen LogP contribution is -2.27. The summed E-state index contributed by atoms with van der Waals surface area (Å²) in [6, 6.07) is 11.9. The maximum atomic E-state index is 13.2. The Hall–Kier alpha value is -2.89. The van der Waals surface area contributed by atoms with Crippen molar-refractivity contribution in [2.45, 2.75) is 37.1 Å². The first-order valence-corrected chi connectivity index (χ1v) is 13.3. The third-order valence-corrected chi connectivity index (χ3v) is 7.51. The van der Waals surface area contributed by atoms with Gasteiger partial charge in [0, 0.05) is 23.4 Å². The van der Waals surface area contributed by atoms with Crippen molar-refractivity contribution < 1.29 is 22.5 Å². The molecule has 0 unspecified atom stereocenters. The molecule has 0 spiro atoms. The van der Waals surface area contributed by atoms with E-state index in [2.05, 4.69) is 15.5 Å². The maximum absolute atomic E-state index is 13.2. The maximum Gasteiger partial charge on any atom is 0.243 e. The topological polar surface area (TPSA) is 115 Å². The van der Waals surface area contributed by atoms with Crippen molar-refractivity contribution in [1.29, 1.82) is 0 Å². The fraction of sp³-hybridized carbons (Fsp3) is 0.348. The van der Waals surface area contributed by atoms with Crippen molar-refractivity contribution in [2.24, 2.45) is 5.92 Å². The number of hydrogen-bond acceptors (Lipinski definition) is 8. The monoisotopic (exact) mass is 504 g/mol. The second-order valence-electron chi connectivity index (χ2n) is 7.74. The predicted octanol–water partition coefficient (Wildman–Crippen LogP) is 4.27. The third kappa shape index (κ3) is 5.96. The van der Waals surface area contributed by atoms with E-state index < -0.39 is 10.0 Å². The van der Waals surface area contributed by atoms with E-state index >= 15 is 0 Å². The number of ether oxygens (including phenoxy) is 1. The quantitative estimate of drug-likeness (QED) is 0.407. The van der Waals surface area contributed by atoms with Gasteiger partial charge in [0.2, 0.25) is 27.6 Å². The number of aromatic nitrogens is 2. The minimum Gasteiger partial charge on any atom is -0.494 e. The predicted molar refractivity (Wildman–Crippen MR) is 131 cm³/mol. The number of hydrogen-bond donors (Lipinski definition) is 1. The van der Waals surface area contributed by atoms with Gasteiger partial charge in [-0.1, -0.05) is 19.0 Å². The van der Waals surface area contributed by atoms with Crippen LogP contribution in [0.15, 0.2) is 56.8 Å². The Labute approximate surface area is 203 Å². The molecule has 182 valence electrons. The van der Waals surface area contributed by atoms with Crippen LogP contribution < -0.4 is 10.1 Å². The standard InChI is InChI=1S/C23H28N4O5S2/c1-6-31-17-9-7-16(8-10-17)22-25-21(32-26-22)14-27(4)34(29,30)18-11-12-20(33-5)19(13-18)24-23(28)15(2)3/h7-13,15H,6,14H2,1-5H3,(H,24,28). The highest BCUT2D eigenvalue weighted by molar-refractivity contribution is 7.98. The molecule has 1 aromatic heterocycles. The van der Waals surface area contributed by atoms with Crippen molar-refractivity contribution in [3.63, 3.8) is 0 Å². The van der Waals surface area contributed by atoms with E-state index in [0.717, 1.165) is 20.5 Å². The van der Waals surface area contributed by atoms with Gasteiger partial charge in [-0.3, -0.25) is 4.79 Å². The van der Waals surface area contributed by atoms with Gasteiger partial charge >= 0.3 is 0 Å². The van der Waals surface area contributed by atoms with Crippen LogP contribution >= 0.6 is 11.8 Å². The van der Waals surface area contributed by atoms with Crippen molar-refractivity contribution >= 4 is 33.4 Å². The summed E-state index contributed by atoms with van der Waals surface area (Å²) in [4.78, 5) is 17.3. The third-order valence-electron chi connectivity index (χ3n) is 4.91. The molecule has 0 atom stereocenters. The zero-order valence-electron chi connectivity index (χ0n) is 19.7. The molecule has 2 aromatic carbocycles. The van der Waals surface area contributed by atoms with Gasteiger partial charge in [0.15, 0.2) is 0 Å². The summed E-state index contributed by atoms with van der Waals surface area (Å²) in [5, 5.41) is 6.76. The molecular weight excluding hydrogens is 476 g/mol. The van der Waals surface area contributed by atoms with Crippen molar-refractivity contribution in [2.75, 3.05) is 25.2 Å². The highest BCUT2D eigenvalue weighted by Gasteiger charge is 2.25. The van der Waals surface area contributed by atoms with Gasteiger partial charge < -0.3 is 14.6 Å². The summed E-state index contributed by atoms with van der Waals surface area (Å²) < 4.78 is 38.2. The summed E-state index contributed by atoms with van der Waals surface area (Å²) in [7, 11) is -2.44. The van der Waals surface area contributed by atoms with E-state index in [0.29, 0.717) is 18.1 Å². The Morgan fingerprint density at radius 2 is 1.91 bits per heavy atom. The molecule has 3 aromatic rings. The fourth-order valence-electron chi connectivity index (χ4n) is 2.98. The zero-order valence-corrected chi connectivity index (χ0v) is 21.4. The molecule has 9 nitrogen and oxygen atoms in total. The lowest BCUT2D eigenvalue weighted by Gasteiger charge is -2.17. The van der Waals surface area contributed by atoms with Crippen LogP contribution in [-0.2, 0) is 21.4 Å². The summed E-state index contributed by atoms with van der Waals surface area (Å²) in [6.07, 6.45) is 1.86. The number of carbonyl (C=O) groups is 1. The molecule has 0 aliphatic carbocycles. The van der Waals surface area contributed by atoms with Gasteiger partial charge in [0.1, 0.15) is 5.75 Å². The number of nitrogens with zero attached hydrogens (tertiary/aromatic N) is 3. The molecule has 0 fully saturated rings. The molecule has 0 saturated heterocycles. The first-order chi connectivity index (χ1) is 16.1. The van der Waals surface area contributed by atoms with Crippen LogP contribution in [0.25, 0.3) is 11.4 Å². The van der Waals surface area contributed by atoms with Crippen molar-refractivity contribution in [1.82, 2.24) is 14.4 Å². The number of anilines is 1. The second kappa shape index (κ2) is 11.0. The molecule has 0 bridgehead atoms. The molecule has 0 radical (unpaired) electrons. The normalized spacial score (nSPS) is 11.7. The Morgan fingerprint density at radius 3 is 2.53 bits per heavy atom. The Morgan fingerprint density at radius 1 is 1.21 bits per heavy atom. The average molecular weight is 505 g/mol. The molecule has 0 aliphatic heterocycles. The SMILES string of the molecule is CCOc1ccc(-c2noc(CN(C)S(=O)(=O)c3ccc(SC)c(NC(=O)C(C)C)c3)n2)cc1. The first kappa shape index (κ1) is 25.7. The number of carbonyl (C=O) groups excluding carboxylic acids is 1. The van der Waals surface area contributed by atoms with Crippen molar-refractivity contribution in [3.8, 4) is 17.1 Å². The van der Waals surface area contributed by atoms with Crippen LogP contribution in [0.2, 0.25) is 0 Å². The lowest BCUT2D eigenvalue weighted by molar-refractivity contribution is -0.118. The lowest BCUT2D eigenvalue weighted by atomic mass is 10.2. The Kier molecular flexibility index (Phi) is 8.34. The molecule has 1 amide bonds. The highest BCUT2D eigenvalue weighted by Crippen LogP contribution is 2.30. The molecule has 3 rings (SSSR count). The van der Waals surface area contributed by atoms with Crippen LogP contribution in [-0.4, -0.2) is 48.7 Å². The van der Waals surface area contributed by atoms with Gasteiger partial charge in [-0.25, -0.2) is 8.42 Å². The first-order valence-electron chi connectivity index (χ1n) is 10.7. The molecule has 34 heavy (non-hydrogen) atoms. The van der Waals surface area contributed by atoms with Crippen LogP contribution in [0.4, 0.5) is 5.69 Å². The molecule has 1 N–H and O–H groups in total. The van der Waals surface area contributed by atoms with Crippen LogP contribution in [0.5, 0.6) is 5.75 Å². The van der Waals surface area contributed by atoms with Gasteiger partial charge in [-0.2, -0.15) is 9.29 Å². The molecule has 11 heteroatoms. The van der Waals surface area contributed by atoms with E-state index in [1.165, 1.54) is 30.9 Å². The zero-order chi connectivity index (χ0) is 24.9. The molecule has 0 aliphatic rings. The van der Waals surface area contributed by atoms with Gasteiger partial charge in [-0.15, -0.1) is 11.8 Å². The second-order valence-corrected chi connectivity index (χ2v) is 10.6. The number of nitrogens with one attached hydrogen (secondary N) is 1. The summed E-state index contributed by atoms with van der Waals surface area (Å²) in [6.45, 7) is 5.91. The number of benzene rings is 2. The smallest absolute Gasteiger partial charge is 0.243 e. The largest absolute Gasteiger partial charge is 0.494 e. The molecule has 0 saturated carbocycles. The van der Waals surface area contributed by atoms with Crippen molar-refractivity contribution in [3.05, 3.63) is 48.4 Å². The summed E-state index contributed by atoms with van der Waals surface area (Å²) in [5.41, 5.74) is 1.18. The van der Waals surface area contributed by atoms with Crippen LogP contribution in [0.3, 0.4) is 0 Å². The highest BCUT2D eigenvalue weighted by atomic mass is 32.2. The fourth-order valence-corrected chi connectivity index (χ4v) is 4.66. The van der Waals surface area contributed by atoms with Crippen LogP contribution in [0.1, 0.15) is 26.7 Å². The van der Waals surface area contributed by atoms with E-state index in [1.54, 1.807) is 44.2 Å². The minimum absolute atomic E-state index is 0.0538. The number of rotatable bonds is 10. The number of sulfonamides is 1. The molecule has 1 heterocycles. The minimum atomic E-state index is -3.88. The number of amides is 1. The van der Waals surface area contributed by atoms with Gasteiger partial charge in [0.05, 0.1) is 23.7 Å². The van der Waals surface area contributed by atoms with Gasteiger partial charge in [-0.05, 0) is 55.6 Å². The van der Waals surface area contributed by atoms with Gasteiger partial charge in [0.25, 0.3) is 0 Å². The van der Waals surface area contributed by atoms with E-state index in [-0.39, 0.29) is 29.2 Å².